The van der Waals surface area contributed by atoms with Crippen molar-refractivity contribution in [2.45, 2.75) is 88.9 Å². The van der Waals surface area contributed by atoms with Crippen LogP contribution in [0.1, 0.15) is 64.7 Å². The summed E-state index contributed by atoms with van der Waals surface area (Å²) < 4.78 is 0. The van der Waals surface area contributed by atoms with Crippen LogP contribution < -0.4 is 16.0 Å². The van der Waals surface area contributed by atoms with Gasteiger partial charge >= 0.3 is 0 Å². The minimum Gasteiger partial charge on any atom is -0.314 e. The second kappa shape index (κ2) is 11.7. The van der Waals surface area contributed by atoms with E-state index in [1.807, 2.05) is 0 Å². The molecular weight excluding hydrogens is 334 g/mol. The van der Waals surface area contributed by atoms with Crippen molar-refractivity contribution in [2.75, 3.05) is 52.9 Å². The lowest BCUT2D eigenvalue weighted by Gasteiger charge is -2.40. The molecule has 5 heteroatoms. The van der Waals surface area contributed by atoms with E-state index in [1.165, 1.54) is 90.5 Å². The zero-order valence-electron chi connectivity index (χ0n) is 18.0. The van der Waals surface area contributed by atoms with Gasteiger partial charge in [-0.05, 0) is 65.2 Å². The van der Waals surface area contributed by atoms with E-state index in [0.29, 0.717) is 24.2 Å². The highest BCUT2D eigenvalue weighted by molar-refractivity contribution is 4.89. The van der Waals surface area contributed by atoms with Gasteiger partial charge in [-0.2, -0.15) is 0 Å². The molecule has 3 heterocycles. The van der Waals surface area contributed by atoms with Crippen LogP contribution >= 0.6 is 0 Å². The average molecular weight is 380 g/mol. The van der Waals surface area contributed by atoms with Gasteiger partial charge in [-0.1, -0.05) is 26.2 Å². The Balaban J connectivity index is 1.53. The van der Waals surface area contributed by atoms with Crippen molar-refractivity contribution in [1.82, 2.24) is 25.8 Å². The second-order valence-corrected chi connectivity index (χ2v) is 9.41. The van der Waals surface area contributed by atoms with E-state index in [-0.39, 0.29) is 0 Å². The van der Waals surface area contributed by atoms with Gasteiger partial charge in [0.05, 0.1) is 0 Å². The van der Waals surface area contributed by atoms with Crippen LogP contribution in [0, 0.1) is 0 Å². The Morgan fingerprint density at radius 3 is 1.96 bits per heavy atom. The predicted molar refractivity (Wildman–Crippen MR) is 115 cm³/mol. The predicted octanol–water partition coefficient (Wildman–Crippen LogP) is 2.04. The first kappa shape index (κ1) is 21.5. The lowest BCUT2D eigenvalue weighted by atomic mass is 9.95. The van der Waals surface area contributed by atoms with Crippen LogP contribution in [0.15, 0.2) is 0 Å². The van der Waals surface area contributed by atoms with Crippen molar-refractivity contribution in [3.05, 3.63) is 0 Å². The van der Waals surface area contributed by atoms with Crippen LogP contribution in [0.25, 0.3) is 0 Å². The second-order valence-electron chi connectivity index (χ2n) is 9.41. The highest BCUT2D eigenvalue weighted by Crippen LogP contribution is 2.18. The number of hydrogen-bond acceptors (Lipinski definition) is 5. The van der Waals surface area contributed by atoms with Crippen LogP contribution in [0.5, 0.6) is 0 Å². The molecule has 4 bridgehead atoms. The Labute approximate surface area is 168 Å². The van der Waals surface area contributed by atoms with Gasteiger partial charge in [-0.25, -0.2) is 0 Å². The molecule has 0 spiro atoms. The summed E-state index contributed by atoms with van der Waals surface area (Å²) in [5.74, 6) is 0. The lowest BCUT2D eigenvalue weighted by Crippen LogP contribution is -2.57. The largest absolute Gasteiger partial charge is 0.314 e. The summed E-state index contributed by atoms with van der Waals surface area (Å²) in [6.07, 6.45) is 12.1. The Bertz CT molecular complexity index is 378. The molecule has 0 aromatic heterocycles. The molecule has 158 valence electrons. The average Bonchev–Trinajstić information content (AvgIpc) is 2.66. The fourth-order valence-corrected chi connectivity index (χ4v) is 5.25. The third-order valence-electron chi connectivity index (χ3n) is 6.80. The number of fused-ring (bicyclic) bond motifs is 4. The van der Waals surface area contributed by atoms with Crippen molar-refractivity contribution < 1.29 is 0 Å². The van der Waals surface area contributed by atoms with E-state index < -0.39 is 0 Å². The minimum absolute atomic E-state index is 0.671. The maximum Gasteiger partial charge on any atom is 0.0198 e. The molecule has 0 aromatic rings. The third kappa shape index (κ3) is 7.62. The number of hydrogen-bond donors (Lipinski definition) is 3. The molecule has 3 N–H and O–H groups in total. The first-order valence-corrected chi connectivity index (χ1v) is 11.9. The molecule has 5 nitrogen and oxygen atoms in total. The molecule has 3 aliphatic rings. The van der Waals surface area contributed by atoms with Crippen LogP contribution in [0.4, 0.5) is 0 Å². The number of nitrogens with one attached hydrogen (secondary N) is 3. The van der Waals surface area contributed by atoms with Gasteiger partial charge in [-0.3, -0.25) is 0 Å². The third-order valence-corrected chi connectivity index (χ3v) is 6.80. The summed E-state index contributed by atoms with van der Waals surface area (Å²) in [7, 11) is 2.29. The molecule has 3 rings (SSSR count). The summed E-state index contributed by atoms with van der Waals surface area (Å²) in [5.41, 5.74) is 0. The van der Waals surface area contributed by atoms with Crippen molar-refractivity contribution in [1.29, 1.82) is 0 Å². The molecule has 27 heavy (non-hydrogen) atoms. The Morgan fingerprint density at radius 2 is 1.37 bits per heavy atom. The fraction of sp³-hybridized carbons (Fsp3) is 1.00. The molecule has 0 amide bonds. The maximum atomic E-state index is 3.96. The summed E-state index contributed by atoms with van der Waals surface area (Å²) in [6.45, 7) is 10.8. The molecule has 3 saturated heterocycles. The van der Waals surface area contributed by atoms with Gasteiger partial charge in [0.25, 0.3) is 0 Å². The van der Waals surface area contributed by atoms with Gasteiger partial charge in [0.15, 0.2) is 0 Å². The van der Waals surface area contributed by atoms with Crippen LogP contribution in [0.2, 0.25) is 0 Å². The lowest BCUT2D eigenvalue weighted by molar-refractivity contribution is 0.157. The molecule has 4 atom stereocenters. The van der Waals surface area contributed by atoms with Gasteiger partial charge in [0.2, 0.25) is 0 Å². The minimum atomic E-state index is 0.671. The number of nitrogens with zero attached hydrogens (tertiary/aromatic N) is 2. The molecule has 3 aliphatic heterocycles. The van der Waals surface area contributed by atoms with Crippen molar-refractivity contribution in [3.8, 4) is 0 Å². The summed E-state index contributed by atoms with van der Waals surface area (Å²) in [6, 6.07) is 2.71. The maximum absolute atomic E-state index is 3.96. The molecule has 0 radical (unpaired) electrons. The zero-order chi connectivity index (χ0) is 18.9. The molecular formula is C22H45N5. The van der Waals surface area contributed by atoms with Crippen LogP contribution in [-0.2, 0) is 0 Å². The SMILES string of the molecule is CCCCN(C)CCCN1CC2CCCC(CNCC3CCCC(C1)N3)N2. The highest BCUT2D eigenvalue weighted by atomic mass is 15.2. The van der Waals surface area contributed by atoms with E-state index in [1.54, 1.807) is 0 Å². The Morgan fingerprint density at radius 1 is 0.815 bits per heavy atom. The summed E-state index contributed by atoms with van der Waals surface area (Å²) in [5, 5.41) is 11.7. The van der Waals surface area contributed by atoms with Crippen molar-refractivity contribution in [3.63, 3.8) is 0 Å². The van der Waals surface area contributed by atoms with Crippen LogP contribution in [-0.4, -0.2) is 86.8 Å². The van der Waals surface area contributed by atoms with Gasteiger partial charge < -0.3 is 25.8 Å². The molecule has 0 aliphatic carbocycles. The standard InChI is InChI=1S/C22H45N5/c1-3-4-12-26(2)13-7-14-27-17-21-10-5-8-19(24-21)15-23-16-20-9-6-11-22(18-27)25-20/h19-25H,3-18H2,1-2H3. The first-order chi connectivity index (χ1) is 13.2. The quantitative estimate of drug-likeness (QED) is 0.632. The topological polar surface area (TPSA) is 42.6 Å². The molecule has 0 saturated carbocycles. The van der Waals surface area contributed by atoms with Gasteiger partial charge in [-0.15, -0.1) is 0 Å². The number of rotatable bonds is 7. The van der Waals surface area contributed by atoms with E-state index in [9.17, 15) is 0 Å². The van der Waals surface area contributed by atoms with Gasteiger partial charge in [0.1, 0.15) is 0 Å². The monoisotopic (exact) mass is 379 g/mol. The smallest absolute Gasteiger partial charge is 0.0198 e. The van der Waals surface area contributed by atoms with E-state index in [2.05, 4.69) is 39.7 Å². The summed E-state index contributed by atoms with van der Waals surface area (Å²) in [4.78, 5) is 5.30. The van der Waals surface area contributed by atoms with E-state index in [0.717, 1.165) is 13.1 Å². The van der Waals surface area contributed by atoms with E-state index >= 15 is 0 Å². The Kier molecular flexibility index (Phi) is 9.33. The fourth-order valence-electron chi connectivity index (χ4n) is 5.25. The molecule has 4 unspecified atom stereocenters. The normalized spacial score (nSPS) is 33.4. The van der Waals surface area contributed by atoms with Crippen molar-refractivity contribution in [2.24, 2.45) is 0 Å². The number of unbranched alkanes of at least 4 members (excludes halogenated alkanes) is 1. The first-order valence-electron chi connectivity index (χ1n) is 11.9. The number of piperidine rings is 2. The van der Waals surface area contributed by atoms with Crippen LogP contribution in [0.3, 0.4) is 0 Å². The van der Waals surface area contributed by atoms with Crippen molar-refractivity contribution >= 4 is 0 Å². The zero-order valence-corrected chi connectivity index (χ0v) is 18.0. The summed E-state index contributed by atoms with van der Waals surface area (Å²) >= 11 is 0. The van der Waals surface area contributed by atoms with E-state index in [4.69, 9.17) is 0 Å². The van der Waals surface area contributed by atoms with Gasteiger partial charge in [0, 0.05) is 50.3 Å². The molecule has 3 fully saturated rings. The Hall–Kier alpha value is -0.200. The molecule has 0 aromatic carbocycles. The highest BCUT2D eigenvalue weighted by Gasteiger charge is 2.27.